The summed E-state index contributed by atoms with van der Waals surface area (Å²) in [6.07, 6.45) is 1.28. The Balaban J connectivity index is 2.41. The van der Waals surface area contributed by atoms with Gasteiger partial charge in [0.05, 0.1) is 23.3 Å². The number of pyridine rings is 1. The quantitative estimate of drug-likeness (QED) is 0.680. The average Bonchev–Trinajstić information content (AvgIpc) is 2.49. The zero-order valence-corrected chi connectivity index (χ0v) is 12.9. The highest BCUT2D eigenvalue weighted by molar-refractivity contribution is 5.67. The van der Waals surface area contributed by atoms with Crippen LogP contribution in [0.25, 0.3) is 5.70 Å². The average molecular weight is 291 g/mol. The van der Waals surface area contributed by atoms with Gasteiger partial charge in [0.2, 0.25) is 0 Å². The van der Waals surface area contributed by atoms with Gasteiger partial charge in [-0.2, -0.15) is 5.10 Å². The van der Waals surface area contributed by atoms with E-state index in [4.69, 9.17) is 0 Å². The number of allylic oxidation sites excluding steroid dienone is 1. The standard InChI is InChI=1S/C15H22FN5/c1-11(2)15(20(4)17-3)13-9-14(12(16)10-19-13)21-7-5-18-6-8-21/h9-10,18H,3,5-8H2,1-2,4H3. The molecule has 0 saturated carbocycles. The molecule has 2 heterocycles. The summed E-state index contributed by atoms with van der Waals surface area (Å²) in [6.45, 7) is 10.8. The molecule has 1 saturated heterocycles. The third-order valence-corrected chi connectivity index (χ3v) is 3.54. The normalized spacial score (nSPS) is 14.8. The van der Waals surface area contributed by atoms with Crippen molar-refractivity contribution < 1.29 is 4.39 Å². The van der Waals surface area contributed by atoms with Crippen molar-refractivity contribution in [3.05, 3.63) is 29.3 Å². The minimum absolute atomic E-state index is 0.289. The summed E-state index contributed by atoms with van der Waals surface area (Å²) in [5, 5.41) is 8.85. The first kappa shape index (κ1) is 15.4. The van der Waals surface area contributed by atoms with E-state index in [0.717, 1.165) is 37.4 Å². The van der Waals surface area contributed by atoms with E-state index in [1.807, 2.05) is 25.8 Å². The summed E-state index contributed by atoms with van der Waals surface area (Å²) < 4.78 is 14.1. The van der Waals surface area contributed by atoms with Gasteiger partial charge >= 0.3 is 0 Å². The Morgan fingerprint density at radius 3 is 2.67 bits per heavy atom. The Kier molecular flexibility index (Phi) is 4.90. The van der Waals surface area contributed by atoms with Crippen LogP contribution in [0.2, 0.25) is 0 Å². The highest BCUT2D eigenvalue weighted by atomic mass is 19.1. The summed E-state index contributed by atoms with van der Waals surface area (Å²) >= 11 is 0. The molecule has 1 N–H and O–H groups in total. The molecule has 0 bridgehead atoms. The number of nitrogens with one attached hydrogen (secondary N) is 1. The fraction of sp³-hybridized carbons (Fsp3) is 0.467. The highest BCUT2D eigenvalue weighted by Crippen LogP contribution is 2.26. The van der Waals surface area contributed by atoms with Crippen molar-refractivity contribution in [2.75, 3.05) is 38.1 Å². The fourth-order valence-electron chi connectivity index (χ4n) is 2.52. The van der Waals surface area contributed by atoms with E-state index >= 15 is 0 Å². The van der Waals surface area contributed by atoms with Crippen LogP contribution < -0.4 is 10.2 Å². The van der Waals surface area contributed by atoms with Crippen LogP contribution >= 0.6 is 0 Å². The van der Waals surface area contributed by atoms with E-state index in [2.05, 4.69) is 22.1 Å². The van der Waals surface area contributed by atoms with E-state index in [1.165, 1.54) is 6.20 Å². The summed E-state index contributed by atoms with van der Waals surface area (Å²) in [6, 6.07) is 1.80. The first-order valence-corrected chi connectivity index (χ1v) is 7.04. The SMILES string of the molecule is C=NN(C)C(=C(C)C)c1cc(N2CCNCC2)c(F)cn1. The summed E-state index contributed by atoms with van der Waals surface area (Å²) in [7, 11) is 1.81. The second-order valence-electron chi connectivity index (χ2n) is 5.27. The van der Waals surface area contributed by atoms with Crippen LogP contribution in [0.4, 0.5) is 10.1 Å². The predicted octanol–water partition coefficient (Wildman–Crippen LogP) is 1.93. The fourth-order valence-corrected chi connectivity index (χ4v) is 2.52. The van der Waals surface area contributed by atoms with Crippen LogP contribution in [0, 0.1) is 5.82 Å². The van der Waals surface area contributed by atoms with Gasteiger partial charge in [0.25, 0.3) is 0 Å². The molecule has 0 spiro atoms. The number of hydrazone groups is 1. The molecule has 1 fully saturated rings. The largest absolute Gasteiger partial charge is 0.367 e. The van der Waals surface area contributed by atoms with Gasteiger partial charge in [0.15, 0.2) is 5.82 Å². The van der Waals surface area contributed by atoms with Gasteiger partial charge in [-0.3, -0.25) is 9.99 Å². The minimum Gasteiger partial charge on any atom is -0.367 e. The van der Waals surface area contributed by atoms with Crippen LogP contribution in [0.5, 0.6) is 0 Å². The lowest BCUT2D eigenvalue weighted by Gasteiger charge is -2.30. The van der Waals surface area contributed by atoms with Gasteiger partial charge in [-0.1, -0.05) is 0 Å². The zero-order chi connectivity index (χ0) is 15.4. The van der Waals surface area contributed by atoms with E-state index in [-0.39, 0.29) is 5.82 Å². The molecule has 114 valence electrons. The molecular weight excluding hydrogens is 269 g/mol. The van der Waals surface area contributed by atoms with Crippen LogP contribution in [0.3, 0.4) is 0 Å². The number of piperazine rings is 1. The lowest BCUT2D eigenvalue weighted by molar-refractivity contribution is 0.514. The number of nitrogens with zero attached hydrogens (tertiary/aromatic N) is 4. The second-order valence-corrected chi connectivity index (χ2v) is 5.27. The first-order chi connectivity index (χ1) is 10.0. The van der Waals surface area contributed by atoms with Crippen LogP contribution in [-0.2, 0) is 0 Å². The zero-order valence-electron chi connectivity index (χ0n) is 12.9. The predicted molar refractivity (Wildman–Crippen MR) is 84.9 cm³/mol. The molecule has 1 aliphatic rings. The molecule has 0 radical (unpaired) electrons. The molecule has 0 unspecified atom stereocenters. The number of halogens is 1. The third-order valence-electron chi connectivity index (χ3n) is 3.54. The molecular formula is C15H22FN5. The van der Waals surface area contributed by atoms with Crippen molar-refractivity contribution in [3.8, 4) is 0 Å². The van der Waals surface area contributed by atoms with Crippen LogP contribution in [0.1, 0.15) is 19.5 Å². The molecule has 6 heteroatoms. The maximum atomic E-state index is 14.1. The monoisotopic (exact) mass is 291 g/mol. The van der Waals surface area contributed by atoms with Crippen molar-refractivity contribution in [3.63, 3.8) is 0 Å². The van der Waals surface area contributed by atoms with E-state index in [1.54, 1.807) is 11.1 Å². The lowest BCUT2D eigenvalue weighted by Crippen LogP contribution is -2.44. The molecule has 5 nitrogen and oxygen atoms in total. The molecule has 21 heavy (non-hydrogen) atoms. The Bertz CT molecular complexity index is 545. The van der Waals surface area contributed by atoms with Gasteiger partial charge in [-0.25, -0.2) is 4.39 Å². The van der Waals surface area contributed by atoms with Crippen molar-refractivity contribution >= 4 is 18.1 Å². The molecule has 0 amide bonds. The third kappa shape index (κ3) is 3.39. The topological polar surface area (TPSA) is 43.8 Å². The maximum Gasteiger partial charge on any atom is 0.164 e. The number of hydrogen-bond donors (Lipinski definition) is 1. The van der Waals surface area contributed by atoms with E-state index in [0.29, 0.717) is 11.4 Å². The molecule has 1 aromatic rings. The van der Waals surface area contributed by atoms with Gasteiger partial charge in [-0.05, 0) is 25.5 Å². The second kappa shape index (κ2) is 6.67. The van der Waals surface area contributed by atoms with E-state index < -0.39 is 0 Å². The van der Waals surface area contributed by atoms with Gasteiger partial charge in [0.1, 0.15) is 0 Å². The summed E-state index contributed by atoms with van der Waals surface area (Å²) in [5.74, 6) is -0.289. The van der Waals surface area contributed by atoms with Crippen molar-refractivity contribution in [2.24, 2.45) is 5.10 Å². The number of anilines is 1. The lowest BCUT2D eigenvalue weighted by atomic mass is 10.1. The Hall–Kier alpha value is -1.95. The Labute approximate surface area is 125 Å². The maximum absolute atomic E-state index is 14.1. The van der Waals surface area contributed by atoms with E-state index in [9.17, 15) is 4.39 Å². The summed E-state index contributed by atoms with van der Waals surface area (Å²) in [5.41, 5.74) is 3.20. The van der Waals surface area contributed by atoms with Crippen molar-refractivity contribution in [1.29, 1.82) is 0 Å². The van der Waals surface area contributed by atoms with Crippen LogP contribution in [-0.4, -0.2) is 49.9 Å². The van der Waals surface area contributed by atoms with Crippen LogP contribution in [0.15, 0.2) is 22.9 Å². The molecule has 0 aliphatic carbocycles. The number of rotatable bonds is 4. The van der Waals surface area contributed by atoms with Gasteiger partial charge < -0.3 is 10.2 Å². The number of hydrogen-bond acceptors (Lipinski definition) is 5. The Morgan fingerprint density at radius 2 is 2.10 bits per heavy atom. The summed E-state index contributed by atoms with van der Waals surface area (Å²) in [4.78, 5) is 6.26. The smallest absolute Gasteiger partial charge is 0.164 e. The Morgan fingerprint density at radius 1 is 1.43 bits per heavy atom. The molecule has 0 aromatic carbocycles. The number of aromatic nitrogens is 1. The minimum atomic E-state index is -0.289. The molecule has 2 rings (SSSR count). The first-order valence-electron chi connectivity index (χ1n) is 7.04. The molecule has 0 atom stereocenters. The highest BCUT2D eigenvalue weighted by Gasteiger charge is 2.18. The van der Waals surface area contributed by atoms with Crippen molar-refractivity contribution in [1.82, 2.24) is 15.3 Å². The van der Waals surface area contributed by atoms with Gasteiger partial charge in [-0.15, -0.1) is 0 Å². The molecule has 1 aromatic heterocycles. The van der Waals surface area contributed by atoms with Crippen molar-refractivity contribution in [2.45, 2.75) is 13.8 Å². The molecule has 1 aliphatic heterocycles. The van der Waals surface area contributed by atoms with Gasteiger partial charge in [0, 0.05) is 39.9 Å².